The molecule has 4 aliphatic heterocycles. The summed E-state index contributed by atoms with van der Waals surface area (Å²) in [6.45, 7) is 1.08. The summed E-state index contributed by atoms with van der Waals surface area (Å²) in [7, 11) is 2.29. The van der Waals surface area contributed by atoms with E-state index in [0.717, 1.165) is 10.5 Å². The Morgan fingerprint density at radius 2 is 1.71 bits per heavy atom. The Hall–Kier alpha value is -2.02. The molecular weight excluding hydrogens is 406 g/mol. The molecule has 0 aromatic heterocycles. The van der Waals surface area contributed by atoms with Gasteiger partial charge in [-0.1, -0.05) is 23.9 Å². The molecule has 2 aromatic rings. The molecule has 0 radical (unpaired) electrons. The molecule has 6 heteroatoms. The predicted octanol–water partition coefficient (Wildman–Crippen LogP) is 4.12. The third kappa shape index (κ3) is 3.27. The summed E-state index contributed by atoms with van der Waals surface area (Å²) in [6, 6.07) is 16.7. The maximum Gasteiger partial charge on any atom is 0.253 e. The average molecular weight is 436 g/mol. The summed E-state index contributed by atoms with van der Waals surface area (Å²) < 4.78 is 0. The number of fused-ring (bicyclic) bond motifs is 4. The van der Waals surface area contributed by atoms with Gasteiger partial charge in [-0.05, 0) is 69.5 Å². The summed E-state index contributed by atoms with van der Waals surface area (Å²) in [4.78, 5) is 22.4. The lowest BCUT2D eigenvalue weighted by molar-refractivity contribution is 0.0764. The number of anilines is 2. The predicted molar refractivity (Wildman–Crippen MR) is 123 cm³/mol. The van der Waals surface area contributed by atoms with Gasteiger partial charge in [-0.2, -0.15) is 0 Å². The van der Waals surface area contributed by atoms with Gasteiger partial charge in [-0.15, -0.1) is 0 Å². The summed E-state index contributed by atoms with van der Waals surface area (Å²) in [5.74, 6) is 0.0303. The minimum absolute atomic E-state index is 0.0303. The third-order valence-electron chi connectivity index (χ3n) is 7.70. The molecule has 3 atom stereocenters. The van der Waals surface area contributed by atoms with Crippen LogP contribution in [0, 0.1) is 0 Å². The number of carbonyl (C=O) groups is 1. The van der Waals surface area contributed by atoms with E-state index in [1.165, 1.54) is 42.0 Å². The van der Waals surface area contributed by atoms with Crippen LogP contribution in [0.25, 0.3) is 0 Å². The van der Waals surface area contributed by atoms with Crippen LogP contribution < -0.4 is 4.90 Å². The number of benzene rings is 2. The van der Waals surface area contributed by atoms with Crippen LogP contribution in [0.1, 0.15) is 42.5 Å². The van der Waals surface area contributed by atoms with Crippen molar-refractivity contribution in [3.8, 4) is 0 Å². The normalized spacial score (nSPS) is 29.7. The Morgan fingerprint density at radius 3 is 2.45 bits per heavy atom. The zero-order valence-electron chi connectivity index (χ0n) is 17.9. The highest BCUT2D eigenvalue weighted by Crippen LogP contribution is 2.51. The molecule has 5 nitrogen and oxygen atoms in total. The highest BCUT2D eigenvalue weighted by molar-refractivity contribution is 7.99. The van der Waals surface area contributed by atoms with Crippen molar-refractivity contribution in [2.24, 2.45) is 0 Å². The molecule has 6 rings (SSSR count). The fraction of sp³-hybridized carbons (Fsp3) is 0.480. The number of hydrogen-bond acceptors (Lipinski definition) is 5. The van der Waals surface area contributed by atoms with Crippen LogP contribution in [-0.4, -0.2) is 65.2 Å². The number of carbonyl (C=O) groups excluding carboxylic acids is 1. The second kappa shape index (κ2) is 7.54. The van der Waals surface area contributed by atoms with Gasteiger partial charge in [0, 0.05) is 46.6 Å². The number of piperidine rings is 1. The first-order valence-corrected chi connectivity index (χ1v) is 12.3. The Morgan fingerprint density at radius 1 is 0.968 bits per heavy atom. The van der Waals surface area contributed by atoms with E-state index in [1.54, 1.807) is 16.7 Å². The second-order valence-corrected chi connectivity index (χ2v) is 10.6. The molecule has 4 heterocycles. The first-order chi connectivity index (χ1) is 15.1. The van der Waals surface area contributed by atoms with E-state index in [9.17, 15) is 9.90 Å². The van der Waals surface area contributed by atoms with Crippen LogP contribution in [0.4, 0.5) is 11.4 Å². The highest BCUT2D eigenvalue weighted by atomic mass is 32.2. The second-order valence-electron chi connectivity index (χ2n) is 9.49. The van der Waals surface area contributed by atoms with Crippen molar-refractivity contribution in [3.63, 3.8) is 0 Å². The quantitative estimate of drug-likeness (QED) is 0.769. The van der Waals surface area contributed by atoms with Gasteiger partial charge in [0.1, 0.15) is 0 Å². The van der Waals surface area contributed by atoms with Gasteiger partial charge in [-0.25, -0.2) is 0 Å². The van der Waals surface area contributed by atoms with Crippen LogP contribution in [-0.2, 0) is 0 Å². The standard InChI is InChI=1S/C25H29N3O2S/c1-26-17-7-8-18(26)14-19(13-17)28-21-4-2-3-5-23(21)31-24-12-16(6-9-22(24)28)25(30)27-11-10-20(29)15-27/h2-6,9,12,17-20,29H,7-8,10-11,13-15H2,1H3. The fourth-order valence-electron chi connectivity index (χ4n) is 6.01. The highest BCUT2D eigenvalue weighted by Gasteiger charge is 2.42. The lowest BCUT2D eigenvalue weighted by Gasteiger charge is -2.45. The molecule has 2 aromatic carbocycles. The van der Waals surface area contributed by atoms with Crippen LogP contribution in [0.3, 0.4) is 0 Å². The monoisotopic (exact) mass is 435 g/mol. The maximum atomic E-state index is 13.0. The number of rotatable bonds is 2. The summed E-state index contributed by atoms with van der Waals surface area (Å²) in [5.41, 5.74) is 3.26. The smallest absolute Gasteiger partial charge is 0.253 e. The zero-order valence-corrected chi connectivity index (χ0v) is 18.7. The molecule has 3 unspecified atom stereocenters. The minimum atomic E-state index is -0.391. The number of likely N-dealkylation sites (tertiary alicyclic amines) is 1. The molecule has 3 saturated heterocycles. The van der Waals surface area contributed by atoms with Gasteiger partial charge in [0.15, 0.2) is 0 Å². The van der Waals surface area contributed by atoms with Crippen molar-refractivity contribution in [1.82, 2.24) is 9.80 Å². The molecule has 162 valence electrons. The SMILES string of the molecule is CN1C2CCC1CC(N1c3ccccc3Sc3cc(C(=O)N4CCC(O)C4)ccc31)C2. The molecule has 0 aliphatic carbocycles. The van der Waals surface area contributed by atoms with Gasteiger partial charge < -0.3 is 19.8 Å². The molecule has 31 heavy (non-hydrogen) atoms. The number of aliphatic hydroxyl groups excluding tert-OH is 1. The lowest BCUT2D eigenvalue weighted by Crippen LogP contribution is -2.48. The molecular formula is C25H29N3O2S. The topological polar surface area (TPSA) is 47.0 Å². The van der Waals surface area contributed by atoms with Crippen LogP contribution in [0.2, 0.25) is 0 Å². The Labute approximate surface area is 188 Å². The number of nitrogens with zero attached hydrogens (tertiary/aromatic N) is 3. The van der Waals surface area contributed by atoms with E-state index >= 15 is 0 Å². The Bertz CT molecular complexity index is 1010. The Balaban J connectivity index is 1.36. The molecule has 2 bridgehead atoms. The van der Waals surface area contributed by atoms with Crippen molar-refractivity contribution in [3.05, 3.63) is 48.0 Å². The Kier molecular flexibility index (Phi) is 4.78. The van der Waals surface area contributed by atoms with E-state index in [4.69, 9.17) is 0 Å². The van der Waals surface area contributed by atoms with E-state index < -0.39 is 6.10 Å². The molecule has 0 saturated carbocycles. The van der Waals surface area contributed by atoms with Gasteiger partial charge in [0.25, 0.3) is 5.91 Å². The number of para-hydroxylation sites is 1. The molecule has 1 amide bonds. The number of β-amino-alcohol motifs (C(OH)–C–C–N with tert-alkyl or cyclic N) is 1. The van der Waals surface area contributed by atoms with Crippen molar-refractivity contribution < 1.29 is 9.90 Å². The van der Waals surface area contributed by atoms with Crippen molar-refractivity contribution in [1.29, 1.82) is 0 Å². The van der Waals surface area contributed by atoms with Crippen LogP contribution in [0.5, 0.6) is 0 Å². The zero-order chi connectivity index (χ0) is 21.1. The van der Waals surface area contributed by atoms with E-state index in [2.05, 4.69) is 53.2 Å². The first kappa shape index (κ1) is 19.6. The maximum absolute atomic E-state index is 13.0. The number of hydrogen-bond donors (Lipinski definition) is 1. The third-order valence-corrected chi connectivity index (χ3v) is 8.81. The van der Waals surface area contributed by atoms with Crippen LogP contribution >= 0.6 is 11.8 Å². The fourth-order valence-corrected chi connectivity index (χ4v) is 7.13. The van der Waals surface area contributed by atoms with Crippen molar-refractivity contribution >= 4 is 29.0 Å². The minimum Gasteiger partial charge on any atom is -0.391 e. The number of aliphatic hydroxyl groups is 1. The summed E-state index contributed by atoms with van der Waals surface area (Å²) in [6.07, 6.45) is 5.28. The van der Waals surface area contributed by atoms with Crippen molar-refractivity contribution in [2.45, 2.75) is 66.1 Å². The molecule has 1 N–H and O–H groups in total. The van der Waals surface area contributed by atoms with E-state index in [1.807, 2.05) is 6.07 Å². The van der Waals surface area contributed by atoms with Gasteiger partial charge >= 0.3 is 0 Å². The van der Waals surface area contributed by atoms with E-state index in [-0.39, 0.29) is 5.91 Å². The van der Waals surface area contributed by atoms with Gasteiger partial charge in [-0.3, -0.25) is 4.79 Å². The molecule has 0 spiro atoms. The lowest BCUT2D eigenvalue weighted by atomic mass is 9.95. The average Bonchev–Trinajstić information content (AvgIpc) is 3.28. The number of amides is 1. The van der Waals surface area contributed by atoms with Crippen LogP contribution in [0.15, 0.2) is 52.3 Å². The van der Waals surface area contributed by atoms with E-state index in [0.29, 0.717) is 37.6 Å². The largest absolute Gasteiger partial charge is 0.391 e. The van der Waals surface area contributed by atoms with Crippen molar-refractivity contribution in [2.75, 3.05) is 25.0 Å². The molecule has 4 aliphatic rings. The van der Waals surface area contributed by atoms with Gasteiger partial charge in [0.2, 0.25) is 0 Å². The summed E-state index contributed by atoms with van der Waals surface area (Å²) in [5, 5.41) is 9.83. The first-order valence-electron chi connectivity index (χ1n) is 11.5. The van der Waals surface area contributed by atoms with Gasteiger partial charge in [0.05, 0.1) is 17.5 Å². The molecule has 3 fully saturated rings. The summed E-state index contributed by atoms with van der Waals surface area (Å²) >= 11 is 1.77.